The topological polar surface area (TPSA) is 139 Å². The SMILES string of the molecule is C[C@@](CCn1c(=O)oc2cc(C#CC#C[C@H]3C[C@@H]3CO)ccc21)(C(=O)NO)S(C)(=O)=O. The highest BCUT2D eigenvalue weighted by Gasteiger charge is 2.43. The number of aliphatic hydroxyl groups excluding tert-OH is 1. The van der Waals surface area contributed by atoms with Crippen LogP contribution in [0, 0.1) is 35.5 Å². The van der Waals surface area contributed by atoms with Crippen molar-refractivity contribution in [3.63, 3.8) is 0 Å². The van der Waals surface area contributed by atoms with Crippen molar-refractivity contribution >= 4 is 26.8 Å². The fourth-order valence-electron chi connectivity index (χ4n) is 3.12. The van der Waals surface area contributed by atoms with E-state index in [2.05, 4.69) is 23.7 Å². The molecule has 1 aliphatic rings. The number of aliphatic hydroxyl groups is 1. The Kier molecular flexibility index (Phi) is 6.27. The number of carbonyl (C=O) groups is 1. The minimum Gasteiger partial charge on any atom is -0.408 e. The van der Waals surface area contributed by atoms with Gasteiger partial charge in [-0.25, -0.2) is 18.7 Å². The molecule has 3 N–H and O–H groups in total. The van der Waals surface area contributed by atoms with Crippen LogP contribution in [0.4, 0.5) is 0 Å². The zero-order valence-electron chi connectivity index (χ0n) is 17.0. The van der Waals surface area contributed by atoms with E-state index in [-0.39, 0.29) is 37.0 Å². The molecule has 164 valence electrons. The van der Waals surface area contributed by atoms with Crippen LogP contribution in [0.5, 0.6) is 0 Å². The number of fused-ring (bicyclic) bond motifs is 1. The summed E-state index contributed by atoms with van der Waals surface area (Å²) in [6.07, 6.45) is 1.52. The third-order valence-electron chi connectivity index (χ3n) is 5.56. The second-order valence-corrected chi connectivity index (χ2v) is 10.1. The van der Waals surface area contributed by atoms with E-state index in [1.165, 1.54) is 17.0 Å². The zero-order valence-corrected chi connectivity index (χ0v) is 17.8. The first kappa shape index (κ1) is 22.6. The molecule has 0 spiro atoms. The number of sulfone groups is 1. The average Bonchev–Trinajstić information content (AvgIpc) is 3.41. The maximum atomic E-state index is 12.3. The third kappa shape index (κ3) is 4.67. The van der Waals surface area contributed by atoms with Gasteiger partial charge < -0.3 is 9.52 Å². The lowest BCUT2D eigenvalue weighted by Crippen LogP contribution is -2.49. The van der Waals surface area contributed by atoms with Crippen LogP contribution >= 0.6 is 0 Å². The summed E-state index contributed by atoms with van der Waals surface area (Å²) in [6, 6.07) is 4.86. The molecule has 3 rings (SSSR count). The summed E-state index contributed by atoms with van der Waals surface area (Å²) in [7, 11) is -3.88. The predicted octanol–water partition coefficient (Wildman–Crippen LogP) is 0.277. The minimum absolute atomic E-state index is 0.118. The van der Waals surface area contributed by atoms with Crippen LogP contribution in [0.25, 0.3) is 11.1 Å². The maximum absolute atomic E-state index is 12.3. The van der Waals surface area contributed by atoms with Gasteiger partial charge in [-0.3, -0.25) is 14.6 Å². The zero-order chi connectivity index (χ0) is 22.8. The van der Waals surface area contributed by atoms with E-state index in [0.29, 0.717) is 11.1 Å². The summed E-state index contributed by atoms with van der Waals surface area (Å²) in [6.45, 7) is 1.19. The van der Waals surface area contributed by atoms with Crippen molar-refractivity contribution in [2.45, 2.75) is 31.1 Å². The molecule has 1 aromatic carbocycles. The minimum atomic E-state index is -3.88. The first-order valence-electron chi connectivity index (χ1n) is 9.50. The monoisotopic (exact) mass is 446 g/mol. The number of aryl methyl sites for hydroxylation is 1. The van der Waals surface area contributed by atoms with Crippen LogP contribution in [-0.4, -0.2) is 46.8 Å². The number of benzene rings is 1. The quantitative estimate of drug-likeness (QED) is 0.329. The van der Waals surface area contributed by atoms with E-state index >= 15 is 0 Å². The van der Waals surface area contributed by atoms with Crippen molar-refractivity contribution in [2.24, 2.45) is 11.8 Å². The van der Waals surface area contributed by atoms with Crippen LogP contribution in [0.2, 0.25) is 0 Å². The lowest BCUT2D eigenvalue weighted by atomic mass is 10.1. The van der Waals surface area contributed by atoms with Crippen LogP contribution in [0.1, 0.15) is 25.3 Å². The smallest absolute Gasteiger partial charge is 0.408 e. The molecule has 1 heterocycles. The number of nitrogens with zero attached hydrogens (tertiary/aromatic N) is 1. The normalized spacial score (nSPS) is 19.5. The van der Waals surface area contributed by atoms with Gasteiger partial charge in [-0.15, -0.1) is 0 Å². The van der Waals surface area contributed by atoms with Gasteiger partial charge in [0.2, 0.25) is 0 Å². The number of oxazole rings is 1. The Morgan fingerprint density at radius 2 is 2.13 bits per heavy atom. The number of hydroxylamine groups is 1. The molecule has 0 radical (unpaired) electrons. The van der Waals surface area contributed by atoms with Gasteiger partial charge in [0.15, 0.2) is 20.2 Å². The first-order chi connectivity index (χ1) is 14.6. The second kappa shape index (κ2) is 8.60. The Morgan fingerprint density at radius 1 is 1.39 bits per heavy atom. The molecule has 10 heteroatoms. The highest BCUT2D eigenvalue weighted by Crippen LogP contribution is 2.36. The molecule has 0 bridgehead atoms. The van der Waals surface area contributed by atoms with Crippen LogP contribution in [0.3, 0.4) is 0 Å². The molecule has 1 saturated carbocycles. The Morgan fingerprint density at radius 3 is 2.74 bits per heavy atom. The van der Waals surface area contributed by atoms with Gasteiger partial charge in [0, 0.05) is 30.9 Å². The second-order valence-electron chi connectivity index (χ2n) is 7.70. The maximum Gasteiger partial charge on any atom is 0.419 e. The lowest BCUT2D eigenvalue weighted by molar-refractivity contribution is -0.131. The highest BCUT2D eigenvalue weighted by molar-refractivity contribution is 7.92. The number of hydrogen-bond acceptors (Lipinski definition) is 7. The summed E-state index contributed by atoms with van der Waals surface area (Å²) in [4.78, 5) is 24.2. The van der Waals surface area contributed by atoms with Gasteiger partial charge in [-0.1, -0.05) is 11.8 Å². The van der Waals surface area contributed by atoms with Crippen molar-refractivity contribution in [3.05, 3.63) is 34.3 Å². The fourth-order valence-corrected chi connectivity index (χ4v) is 3.97. The Bertz CT molecular complexity index is 1300. The van der Waals surface area contributed by atoms with E-state index in [9.17, 15) is 18.0 Å². The summed E-state index contributed by atoms with van der Waals surface area (Å²) in [5.41, 5.74) is 2.64. The van der Waals surface area contributed by atoms with E-state index in [1.807, 2.05) is 0 Å². The Balaban J connectivity index is 1.81. The summed E-state index contributed by atoms with van der Waals surface area (Å²) in [5, 5.41) is 17.9. The molecule has 31 heavy (non-hydrogen) atoms. The molecular weight excluding hydrogens is 424 g/mol. The Labute approximate surface area is 178 Å². The molecule has 0 unspecified atom stereocenters. The molecule has 1 amide bonds. The molecule has 9 nitrogen and oxygen atoms in total. The van der Waals surface area contributed by atoms with Gasteiger partial charge >= 0.3 is 5.76 Å². The standard InChI is InChI=1S/C21H22N2O7S/c1-21(19(25)22-27,31(2,28)29)9-10-23-17-8-7-14(11-18(17)30-20(23)26)5-3-4-6-15-12-16(15)13-24/h7-8,11,15-16,24,27H,9-10,12-13H2,1-2H3,(H,22,25)/t15-,16+,21+/m0/s1. The van der Waals surface area contributed by atoms with Crippen LogP contribution in [-0.2, 0) is 21.2 Å². The van der Waals surface area contributed by atoms with E-state index in [1.54, 1.807) is 18.2 Å². The number of carbonyl (C=O) groups excluding carboxylic acids is 1. The third-order valence-corrected chi connectivity index (χ3v) is 7.59. The fraction of sp³-hybridized carbons (Fsp3) is 0.429. The van der Waals surface area contributed by atoms with Crippen molar-refractivity contribution in [1.29, 1.82) is 0 Å². The van der Waals surface area contributed by atoms with Gasteiger partial charge in [-0.05, 0) is 55.7 Å². The van der Waals surface area contributed by atoms with Crippen molar-refractivity contribution in [1.82, 2.24) is 10.0 Å². The molecule has 1 fully saturated rings. The molecule has 3 atom stereocenters. The van der Waals surface area contributed by atoms with Crippen molar-refractivity contribution in [2.75, 3.05) is 12.9 Å². The summed E-state index contributed by atoms with van der Waals surface area (Å²) < 4.78 is 28.7. The molecule has 2 aromatic rings. The van der Waals surface area contributed by atoms with E-state index in [0.717, 1.165) is 12.7 Å². The lowest BCUT2D eigenvalue weighted by Gasteiger charge is -2.24. The first-order valence-corrected chi connectivity index (χ1v) is 11.4. The Hall–Kier alpha value is -3.05. The number of aromatic nitrogens is 1. The van der Waals surface area contributed by atoms with Crippen LogP contribution < -0.4 is 11.2 Å². The number of amides is 1. The van der Waals surface area contributed by atoms with Gasteiger partial charge in [-0.2, -0.15) is 0 Å². The van der Waals surface area contributed by atoms with Crippen molar-refractivity contribution < 1.29 is 27.9 Å². The molecule has 0 saturated heterocycles. The van der Waals surface area contributed by atoms with E-state index < -0.39 is 26.2 Å². The predicted molar refractivity (Wildman–Crippen MR) is 112 cm³/mol. The van der Waals surface area contributed by atoms with Gasteiger partial charge in [0.1, 0.15) is 0 Å². The molecular formula is C21H22N2O7S. The summed E-state index contributed by atoms with van der Waals surface area (Å²) in [5.74, 6) is 9.98. The number of nitrogens with one attached hydrogen (secondary N) is 1. The van der Waals surface area contributed by atoms with E-state index in [4.69, 9.17) is 14.7 Å². The van der Waals surface area contributed by atoms with Gasteiger partial charge in [0.25, 0.3) is 5.91 Å². The van der Waals surface area contributed by atoms with Crippen molar-refractivity contribution in [3.8, 4) is 23.7 Å². The average molecular weight is 446 g/mol. The molecule has 1 aliphatic carbocycles. The van der Waals surface area contributed by atoms with Gasteiger partial charge in [0.05, 0.1) is 5.52 Å². The highest BCUT2D eigenvalue weighted by atomic mass is 32.2. The number of hydrogen-bond donors (Lipinski definition) is 3. The van der Waals surface area contributed by atoms with Crippen LogP contribution in [0.15, 0.2) is 27.4 Å². The molecule has 1 aromatic heterocycles. The summed E-state index contributed by atoms with van der Waals surface area (Å²) >= 11 is 0. The molecule has 0 aliphatic heterocycles. The number of rotatable bonds is 6. The largest absolute Gasteiger partial charge is 0.419 e.